The number of para-hydroxylation sites is 1. The zero-order valence-electron chi connectivity index (χ0n) is 17.7. The van der Waals surface area contributed by atoms with Crippen LogP contribution in [0.1, 0.15) is 23.4 Å². The minimum Gasteiger partial charge on any atom is -0.448 e. The molecule has 0 aliphatic carbocycles. The maximum atomic E-state index is 12.6. The Bertz CT molecular complexity index is 1440. The molecule has 0 bridgehead atoms. The summed E-state index contributed by atoms with van der Waals surface area (Å²) in [5.74, 6) is 0.773. The van der Waals surface area contributed by atoms with Crippen molar-refractivity contribution in [2.24, 2.45) is 4.40 Å². The number of hydrogen-bond donors (Lipinski definition) is 1. The van der Waals surface area contributed by atoms with Crippen LogP contribution >= 0.6 is 11.3 Å². The minimum atomic E-state index is -3.80. The summed E-state index contributed by atoms with van der Waals surface area (Å²) in [4.78, 5) is 19.1. The lowest BCUT2D eigenvalue weighted by atomic mass is 10.3. The van der Waals surface area contributed by atoms with Crippen LogP contribution in [0.4, 0.5) is 5.69 Å². The van der Waals surface area contributed by atoms with Crippen molar-refractivity contribution in [3.8, 4) is 10.8 Å². The lowest BCUT2D eigenvalue weighted by molar-refractivity contribution is 0.0997. The van der Waals surface area contributed by atoms with Gasteiger partial charge in [-0.3, -0.25) is 4.79 Å². The van der Waals surface area contributed by atoms with Crippen molar-refractivity contribution in [2.45, 2.75) is 17.7 Å². The smallest absolute Gasteiger partial charge is 0.291 e. The maximum Gasteiger partial charge on any atom is 0.291 e. The number of amidine groups is 1. The van der Waals surface area contributed by atoms with E-state index >= 15 is 0 Å². The SMILES string of the molecule is CN1CCC/C1=N\S(=O)(=O)c1ccc(NC(=O)c2ccc(-c3nc4ccccc4s3)o2)cc1. The van der Waals surface area contributed by atoms with Gasteiger partial charge in [-0.05, 0) is 55.0 Å². The zero-order valence-corrected chi connectivity index (χ0v) is 19.3. The Balaban J connectivity index is 1.29. The average Bonchev–Trinajstić information content (AvgIpc) is 3.53. The number of amides is 1. The number of furan rings is 1. The summed E-state index contributed by atoms with van der Waals surface area (Å²) in [7, 11) is -1.97. The van der Waals surface area contributed by atoms with Gasteiger partial charge in [0.05, 0.1) is 15.1 Å². The summed E-state index contributed by atoms with van der Waals surface area (Å²) in [6.07, 6.45) is 1.54. The molecule has 5 rings (SSSR count). The molecule has 1 fully saturated rings. The molecule has 1 N–H and O–H groups in total. The molecule has 1 aliphatic heterocycles. The van der Waals surface area contributed by atoms with Gasteiger partial charge >= 0.3 is 0 Å². The van der Waals surface area contributed by atoms with Crippen LogP contribution in [0.25, 0.3) is 21.0 Å². The van der Waals surface area contributed by atoms with Gasteiger partial charge < -0.3 is 14.6 Å². The normalized spacial score (nSPS) is 15.4. The molecule has 10 heteroatoms. The molecule has 1 aliphatic rings. The number of likely N-dealkylation sites (tertiary alicyclic amines) is 1. The first kappa shape index (κ1) is 21.4. The standard InChI is InChI=1S/C23H20N4O4S2/c1-27-14-4-7-21(27)26-33(29,30)16-10-8-15(9-11-16)24-22(28)18-12-13-19(31-18)23-25-17-5-2-3-6-20(17)32-23/h2-3,5-6,8-13H,4,7,14H2,1H3,(H,24,28)/b26-21+. The van der Waals surface area contributed by atoms with Gasteiger partial charge in [-0.2, -0.15) is 8.42 Å². The van der Waals surface area contributed by atoms with E-state index in [0.29, 0.717) is 28.7 Å². The van der Waals surface area contributed by atoms with Crippen molar-refractivity contribution < 1.29 is 17.6 Å². The Morgan fingerprint density at radius 1 is 1.12 bits per heavy atom. The summed E-state index contributed by atoms with van der Waals surface area (Å²) in [6, 6.07) is 17.0. The molecule has 168 valence electrons. The molecule has 0 spiro atoms. The van der Waals surface area contributed by atoms with E-state index in [1.165, 1.54) is 35.6 Å². The van der Waals surface area contributed by atoms with E-state index < -0.39 is 15.9 Å². The highest BCUT2D eigenvalue weighted by Gasteiger charge is 2.20. The maximum absolute atomic E-state index is 12.6. The third kappa shape index (κ3) is 4.39. The number of nitrogens with one attached hydrogen (secondary N) is 1. The number of carbonyl (C=O) groups excluding carboxylic acids is 1. The van der Waals surface area contributed by atoms with E-state index in [9.17, 15) is 13.2 Å². The third-order valence-corrected chi connectivity index (χ3v) is 7.67. The molecule has 2 aromatic heterocycles. The Hall–Kier alpha value is -3.50. The van der Waals surface area contributed by atoms with Crippen LogP contribution in [-0.2, 0) is 10.0 Å². The molecular formula is C23H20N4O4S2. The molecule has 0 saturated carbocycles. The predicted octanol–water partition coefficient (Wildman–Crippen LogP) is 4.62. The van der Waals surface area contributed by atoms with Crippen LogP contribution in [0.3, 0.4) is 0 Å². The number of benzene rings is 2. The van der Waals surface area contributed by atoms with E-state index in [1.807, 2.05) is 36.2 Å². The summed E-state index contributed by atoms with van der Waals surface area (Å²) in [6.45, 7) is 0.798. The second kappa shape index (κ2) is 8.45. The Morgan fingerprint density at radius 2 is 1.91 bits per heavy atom. The number of carbonyl (C=O) groups is 1. The van der Waals surface area contributed by atoms with Gasteiger partial charge in [-0.25, -0.2) is 4.98 Å². The van der Waals surface area contributed by atoms with Crippen LogP contribution in [-0.4, -0.2) is 43.6 Å². The molecule has 0 atom stereocenters. The lowest BCUT2D eigenvalue weighted by Crippen LogP contribution is -2.20. The first-order valence-electron chi connectivity index (χ1n) is 10.3. The molecule has 3 heterocycles. The fourth-order valence-corrected chi connectivity index (χ4v) is 5.58. The summed E-state index contributed by atoms with van der Waals surface area (Å²) in [5, 5.41) is 3.41. The number of fused-ring (bicyclic) bond motifs is 1. The molecular weight excluding hydrogens is 460 g/mol. The second-order valence-electron chi connectivity index (χ2n) is 7.64. The number of nitrogens with zero attached hydrogens (tertiary/aromatic N) is 3. The van der Waals surface area contributed by atoms with Crippen LogP contribution in [0.2, 0.25) is 0 Å². The number of anilines is 1. The first-order chi connectivity index (χ1) is 15.9. The van der Waals surface area contributed by atoms with Crippen molar-refractivity contribution in [1.29, 1.82) is 0 Å². The summed E-state index contributed by atoms with van der Waals surface area (Å²) >= 11 is 1.49. The number of hydrogen-bond acceptors (Lipinski definition) is 6. The molecule has 0 unspecified atom stereocenters. The summed E-state index contributed by atoms with van der Waals surface area (Å²) < 4.78 is 35.8. The Kier molecular flexibility index (Phi) is 5.47. The van der Waals surface area contributed by atoms with Gasteiger partial charge in [0.25, 0.3) is 15.9 Å². The van der Waals surface area contributed by atoms with Crippen LogP contribution in [0.15, 0.2) is 74.4 Å². The van der Waals surface area contributed by atoms with Crippen LogP contribution in [0, 0.1) is 0 Å². The van der Waals surface area contributed by atoms with Gasteiger partial charge in [0.1, 0.15) is 5.84 Å². The minimum absolute atomic E-state index is 0.0735. The molecule has 0 radical (unpaired) electrons. The van der Waals surface area contributed by atoms with Gasteiger partial charge in [0.2, 0.25) is 0 Å². The lowest BCUT2D eigenvalue weighted by Gasteiger charge is -2.11. The fraction of sp³-hybridized carbons (Fsp3) is 0.174. The van der Waals surface area contributed by atoms with Gasteiger partial charge in [-0.1, -0.05) is 12.1 Å². The van der Waals surface area contributed by atoms with Crippen molar-refractivity contribution in [3.63, 3.8) is 0 Å². The number of rotatable bonds is 5. The predicted molar refractivity (Wildman–Crippen MR) is 128 cm³/mol. The number of thiazole rings is 1. The van der Waals surface area contributed by atoms with Crippen LogP contribution in [0.5, 0.6) is 0 Å². The van der Waals surface area contributed by atoms with E-state index in [4.69, 9.17) is 4.42 Å². The van der Waals surface area contributed by atoms with Crippen LogP contribution < -0.4 is 5.32 Å². The highest BCUT2D eigenvalue weighted by atomic mass is 32.2. The highest BCUT2D eigenvalue weighted by Crippen LogP contribution is 2.31. The largest absolute Gasteiger partial charge is 0.448 e. The van der Waals surface area contributed by atoms with Gasteiger partial charge in [-0.15, -0.1) is 15.7 Å². The highest BCUT2D eigenvalue weighted by molar-refractivity contribution is 7.90. The first-order valence-corrected chi connectivity index (χ1v) is 12.6. The zero-order chi connectivity index (χ0) is 23.0. The Morgan fingerprint density at radius 3 is 2.64 bits per heavy atom. The van der Waals surface area contributed by atoms with Crippen molar-refractivity contribution in [2.75, 3.05) is 18.9 Å². The van der Waals surface area contributed by atoms with E-state index in [1.54, 1.807) is 12.1 Å². The van der Waals surface area contributed by atoms with E-state index in [2.05, 4.69) is 14.7 Å². The molecule has 1 saturated heterocycles. The molecule has 4 aromatic rings. The topological polar surface area (TPSA) is 105 Å². The quantitative estimate of drug-likeness (QED) is 0.447. The van der Waals surface area contributed by atoms with Gasteiger partial charge in [0, 0.05) is 25.7 Å². The molecule has 1 amide bonds. The van der Waals surface area contributed by atoms with E-state index in [-0.39, 0.29) is 10.7 Å². The van der Waals surface area contributed by atoms with Crippen molar-refractivity contribution in [1.82, 2.24) is 9.88 Å². The Labute approximate surface area is 194 Å². The second-order valence-corrected chi connectivity index (χ2v) is 10.3. The average molecular weight is 481 g/mol. The third-order valence-electron chi connectivity index (χ3n) is 5.30. The fourth-order valence-electron chi connectivity index (χ4n) is 3.56. The summed E-state index contributed by atoms with van der Waals surface area (Å²) in [5.41, 5.74) is 1.32. The van der Waals surface area contributed by atoms with Crippen molar-refractivity contribution >= 4 is 49.0 Å². The van der Waals surface area contributed by atoms with E-state index in [0.717, 1.165) is 23.2 Å². The monoisotopic (exact) mass is 480 g/mol. The van der Waals surface area contributed by atoms with Crippen molar-refractivity contribution in [3.05, 3.63) is 66.4 Å². The molecule has 2 aromatic carbocycles. The van der Waals surface area contributed by atoms with Gasteiger partial charge in [0.15, 0.2) is 16.5 Å². The number of sulfonamides is 1. The molecule has 8 nitrogen and oxygen atoms in total. The molecule has 33 heavy (non-hydrogen) atoms. The number of aromatic nitrogens is 1.